The average Bonchev–Trinajstić information content (AvgIpc) is 3.02. The largest absolute Gasteiger partial charge is 0.342 e. The number of aromatic nitrogens is 4. The zero-order chi connectivity index (χ0) is 20.4. The lowest BCUT2D eigenvalue weighted by atomic mass is 9.93. The van der Waals surface area contributed by atoms with Crippen molar-refractivity contribution in [3.05, 3.63) is 39.1 Å². The van der Waals surface area contributed by atoms with E-state index >= 15 is 0 Å². The number of aryl methyl sites for hydroxylation is 2. The highest BCUT2D eigenvalue weighted by Gasteiger charge is 2.25. The summed E-state index contributed by atoms with van der Waals surface area (Å²) in [7, 11) is 0. The number of hydrogen-bond donors (Lipinski definition) is 1. The molecule has 7 heteroatoms. The lowest BCUT2D eigenvalue weighted by Gasteiger charge is -2.32. The Morgan fingerprint density at radius 2 is 1.83 bits per heavy atom. The molecule has 0 saturated carbocycles. The fraction of sp³-hybridized carbons (Fsp3) is 0.682. The number of aromatic amines is 1. The average molecular weight is 399 g/mol. The van der Waals surface area contributed by atoms with Gasteiger partial charge in [0.15, 0.2) is 0 Å². The number of hydrogen-bond acceptors (Lipinski definition) is 5. The summed E-state index contributed by atoms with van der Waals surface area (Å²) < 4.78 is 2.10. The Hall–Kier alpha value is -2.15. The molecule has 2 aliphatic heterocycles. The van der Waals surface area contributed by atoms with Crippen molar-refractivity contribution >= 4 is 5.95 Å². The fourth-order valence-corrected chi connectivity index (χ4v) is 4.81. The van der Waals surface area contributed by atoms with Crippen LogP contribution in [-0.2, 0) is 13.1 Å². The van der Waals surface area contributed by atoms with Crippen molar-refractivity contribution in [2.24, 2.45) is 0 Å². The van der Waals surface area contributed by atoms with Crippen LogP contribution in [0.4, 0.5) is 5.95 Å². The van der Waals surface area contributed by atoms with E-state index in [9.17, 15) is 4.79 Å². The lowest BCUT2D eigenvalue weighted by molar-refractivity contribution is 0.202. The van der Waals surface area contributed by atoms with Crippen LogP contribution in [-0.4, -0.2) is 50.8 Å². The van der Waals surface area contributed by atoms with E-state index in [1.807, 2.05) is 0 Å². The minimum Gasteiger partial charge on any atom is -0.342 e. The first-order valence-corrected chi connectivity index (χ1v) is 11.2. The van der Waals surface area contributed by atoms with Crippen molar-refractivity contribution in [2.75, 3.05) is 31.1 Å². The summed E-state index contributed by atoms with van der Waals surface area (Å²) in [5, 5.41) is 4.66. The molecular formula is C22H34N6O. The van der Waals surface area contributed by atoms with Gasteiger partial charge in [-0.25, -0.2) is 4.98 Å². The van der Waals surface area contributed by atoms with Crippen molar-refractivity contribution in [3.63, 3.8) is 0 Å². The highest BCUT2D eigenvalue weighted by molar-refractivity contribution is 5.32. The van der Waals surface area contributed by atoms with E-state index in [4.69, 9.17) is 4.98 Å². The van der Waals surface area contributed by atoms with Gasteiger partial charge in [0.25, 0.3) is 5.56 Å². The molecule has 0 radical (unpaired) electrons. The van der Waals surface area contributed by atoms with Crippen LogP contribution >= 0.6 is 0 Å². The van der Waals surface area contributed by atoms with Crippen LogP contribution in [0.15, 0.2) is 10.9 Å². The standard InChI is InChI=1S/C22H34N6O/c1-4-28-17(3)19(16(2)25-28)15-26-12-8-18(9-13-26)20-14-21(29)24-22(23-20)27-10-6-5-7-11-27/h14,18H,4-13,15H2,1-3H3,(H,23,24,29). The van der Waals surface area contributed by atoms with Gasteiger partial charge in [0, 0.05) is 49.4 Å². The van der Waals surface area contributed by atoms with Gasteiger partial charge in [0.05, 0.1) is 11.4 Å². The summed E-state index contributed by atoms with van der Waals surface area (Å²) in [6, 6.07) is 1.72. The SMILES string of the molecule is CCn1nc(C)c(CN2CCC(c3cc(=O)[nH]c(N4CCCCC4)n3)CC2)c1C. The second-order valence-electron chi connectivity index (χ2n) is 8.56. The van der Waals surface area contributed by atoms with Gasteiger partial charge in [-0.15, -0.1) is 0 Å². The summed E-state index contributed by atoms with van der Waals surface area (Å²) in [6.45, 7) is 12.4. The highest BCUT2D eigenvalue weighted by Crippen LogP contribution is 2.28. The molecule has 4 heterocycles. The maximum atomic E-state index is 12.3. The maximum Gasteiger partial charge on any atom is 0.252 e. The molecule has 0 spiro atoms. The number of rotatable bonds is 5. The zero-order valence-electron chi connectivity index (χ0n) is 18.1. The molecule has 4 rings (SSSR count). The molecule has 0 bridgehead atoms. The number of nitrogens with one attached hydrogen (secondary N) is 1. The van der Waals surface area contributed by atoms with E-state index < -0.39 is 0 Å². The predicted octanol–water partition coefficient (Wildman–Crippen LogP) is 2.97. The van der Waals surface area contributed by atoms with Gasteiger partial charge in [-0.1, -0.05) is 0 Å². The van der Waals surface area contributed by atoms with Crippen LogP contribution < -0.4 is 10.5 Å². The summed E-state index contributed by atoms with van der Waals surface area (Å²) in [6.07, 6.45) is 5.74. The normalized spacial score (nSPS) is 19.1. The third kappa shape index (κ3) is 4.39. The van der Waals surface area contributed by atoms with Crippen LogP contribution in [0.3, 0.4) is 0 Å². The Morgan fingerprint density at radius 3 is 2.48 bits per heavy atom. The smallest absolute Gasteiger partial charge is 0.252 e. The van der Waals surface area contributed by atoms with Gasteiger partial charge in [-0.2, -0.15) is 5.10 Å². The van der Waals surface area contributed by atoms with Crippen LogP contribution in [0.5, 0.6) is 0 Å². The monoisotopic (exact) mass is 398 g/mol. The Labute approximate surface area is 173 Å². The first-order valence-electron chi connectivity index (χ1n) is 11.2. The van der Waals surface area contributed by atoms with E-state index in [0.29, 0.717) is 5.92 Å². The van der Waals surface area contributed by atoms with E-state index in [1.165, 1.54) is 30.5 Å². The van der Waals surface area contributed by atoms with Gasteiger partial charge >= 0.3 is 0 Å². The van der Waals surface area contributed by atoms with Crippen molar-refractivity contribution in [1.82, 2.24) is 24.6 Å². The molecule has 158 valence electrons. The Balaban J connectivity index is 1.41. The van der Waals surface area contributed by atoms with Crippen molar-refractivity contribution in [1.29, 1.82) is 0 Å². The minimum absolute atomic E-state index is 0.0174. The topological polar surface area (TPSA) is 70.1 Å². The molecule has 29 heavy (non-hydrogen) atoms. The molecular weight excluding hydrogens is 364 g/mol. The van der Waals surface area contributed by atoms with E-state index in [-0.39, 0.29) is 5.56 Å². The minimum atomic E-state index is -0.0174. The number of nitrogens with zero attached hydrogens (tertiary/aromatic N) is 5. The predicted molar refractivity (Wildman–Crippen MR) is 116 cm³/mol. The molecule has 2 aliphatic rings. The third-order valence-corrected chi connectivity index (χ3v) is 6.62. The molecule has 0 atom stereocenters. The van der Waals surface area contributed by atoms with E-state index in [1.54, 1.807) is 6.07 Å². The van der Waals surface area contributed by atoms with Gasteiger partial charge < -0.3 is 4.90 Å². The van der Waals surface area contributed by atoms with Crippen LogP contribution in [0.2, 0.25) is 0 Å². The molecule has 0 aliphatic carbocycles. The van der Waals surface area contributed by atoms with Gasteiger partial charge in [0.2, 0.25) is 5.95 Å². The van der Waals surface area contributed by atoms with Gasteiger partial charge in [0.1, 0.15) is 0 Å². The molecule has 0 unspecified atom stereocenters. The van der Waals surface area contributed by atoms with Crippen molar-refractivity contribution in [3.8, 4) is 0 Å². The quantitative estimate of drug-likeness (QED) is 0.838. The lowest BCUT2D eigenvalue weighted by Crippen LogP contribution is -2.35. The molecule has 2 aromatic rings. The first-order chi connectivity index (χ1) is 14.0. The fourth-order valence-electron chi connectivity index (χ4n) is 4.81. The van der Waals surface area contributed by atoms with E-state index in [0.717, 1.165) is 69.4 Å². The highest BCUT2D eigenvalue weighted by atomic mass is 16.1. The number of piperidine rings is 2. The van der Waals surface area contributed by atoms with Gasteiger partial charge in [-0.3, -0.25) is 19.4 Å². The Morgan fingerprint density at radius 1 is 1.10 bits per heavy atom. The molecule has 2 fully saturated rings. The summed E-state index contributed by atoms with van der Waals surface area (Å²) >= 11 is 0. The third-order valence-electron chi connectivity index (χ3n) is 6.62. The number of likely N-dealkylation sites (tertiary alicyclic amines) is 1. The molecule has 0 amide bonds. The summed E-state index contributed by atoms with van der Waals surface area (Å²) in [5.74, 6) is 1.14. The second-order valence-corrected chi connectivity index (χ2v) is 8.56. The first kappa shape index (κ1) is 20.1. The maximum absolute atomic E-state index is 12.3. The molecule has 2 aromatic heterocycles. The van der Waals surface area contributed by atoms with E-state index in [2.05, 4.69) is 45.3 Å². The molecule has 0 aromatic carbocycles. The van der Waals surface area contributed by atoms with Gasteiger partial charge in [-0.05, 0) is 66.0 Å². The summed E-state index contributed by atoms with van der Waals surface area (Å²) in [5.41, 5.74) is 4.76. The number of anilines is 1. The number of H-pyrrole nitrogens is 1. The van der Waals surface area contributed by atoms with Crippen molar-refractivity contribution < 1.29 is 0 Å². The molecule has 7 nitrogen and oxygen atoms in total. The molecule has 2 saturated heterocycles. The van der Waals surface area contributed by atoms with Crippen LogP contribution in [0.1, 0.15) is 67.6 Å². The van der Waals surface area contributed by atoms with Crippen LogP contribution in [0, 0.1) is 13.8 Å². The summed E-state index contributed by atoms with van der Waals surface area (Å²) in [4.78, 5) is 24.9. The Kier molecular flexibility index (Phi) is 6.04. The Bertz CT molecular complexity index is 887. The second kappa shape index (κ2) is 8.69. The van der Waals surface area contributed by atoms with Crippen molar-refractivity contribution in [2.45, 2.75) is 71.9 Å². The molecule has 1 N–H and O–H groups in total. The zero-order valence-corrected chi connectivity index (χ0v) is 18.1. The van der Waals surface area contributed by atoms with Crippen LogP contribution in [0.25, 0.3) is 0 Å².